The Labute approximate surface area is 124 Å². The van der Waals surface area contributed by atoms with E-state index in [2.05, 4.69) is 4.74 Å². The number of ether oxygens (including phenoxy) is 3. The quantitative estimate of drug-likeness (QED) is 0.397. The Balaban J connectivity index is 2.20. The molecule has 0 heterocycles. The molecule has 21 heavy (non-hydrogen) atoms. The number of hydrogen-bond donors (Lipinski definition) is 0. The Bertz CT molecular complexity index is 493. The lowest BCUT2D eigenvalue weighted by molar-refractivity contribution is -0.143. The summed E-state index contributed by atoms with van der Waals surface area (Å²) in [6, 6.07) is 7.65. The molecule has 0 spiro atoms. The Morgan fingerprint density at radius 3 is 2.76 bits per heavy atom. The van der Waals surface area contributed by atoms with Crippen molar-refractivity contribution in [1.82, 2.24) is 0 Å². The van der Waals surface area contributed by atoms with Crippen molar-refractivity contribution in [2.45, 2.75) is 12.8 Å². The third kappa shape index (κ3) is 7.27. The molecule has 114 valence electrons. The van der Waals surface area contributed by atoms with Crippen molar-refractivity contribution in [3.8, 4) is 5.75 Å². The molecule has 0 radical (unpaired) electrons. The molecule has 0 aliphatic heterocycles. The highest BCUT2D eigenvalue weighted by atomic mass is 16.5. The van der Waals surface area contributed by atoms with E-state index in [-0.39, 0.29) is 25.2 Å². The van der Waals surface area contributed by atoms with E-state index >= 15 is 0 Å². The first-order valence-corrected chi connectivity index (χ1v) is 6.62. The van der Waals surface area contributed by atoms with E-state index in [1.807, 2.05) is 36.4 Å². The van der Waals surface area contributed by atoms with E-state index in [1.165, 1.54) is 7.11 Å². The van der Waals surface area contributed by atoms with Crippen molar-refractivity contribution < 1.29 is 23.8 Å². The zero-order valence-electron chi connectivity index (χ0n) is 12.3. The van der Waals surface area contributed by atoms with E-state index in [9.17, 15) is 9.59 Å². The topological polar surface area (TPSA) is 61.8 Å². The van der Waals surface area contributed by atoms with Crippen LogP contribution in [-0.2, 0) is 19.1 Å². The number of rotatable bonds is 9. The minimum absolute atomic E-state index is 0.182. The SMILES string of the molecule is COC(=O)CC(=O)CCOC/C=C/c1cccc(OC)c1. The maximum Gasteiger partial charge on any atom is 0.313 e. The number of hydrogen-bond acceptors (Lipinski definition) is 5. The number of benzene rings is 1. The molecule has 1 rings (SSSR count). The summed E-state index contributed by atoms with van der Waals surface area (Å²) in [4.78, 5) is 22.2. The molecule has 0 atom stereocenters. The van der Waals surface area contributed by atoms with Gasteiger partial charge in [0.15, 0.2) is 0 Å². The van der Waals surface area contributed by atoms with Crippen molar-refractivity contribution >= 4 is 17.8 Å². The monoisotopic (exact) mass is 292 g/mol. The van der Waals surface area contributed by atoms with Crippen LogP contribution in [0.25, 0.3) is 6.08 Å². The standard InChI is InChI=1S/C16H20O5/c1-19-15-7-3-5-13(11-15)6-4-9-21-10-8-14(17)12-16(18)20-2/h3-7,11H,8-10,12H2,1-2H3/b6-4+. The highest BCUT2D eigenvalue weighted by molar-refractivity contribution is 5.95. The van der Waals surface area contributed by atoms with Crippen molar-refractivity contribution in [3.63, 3.8) is 0 Å². The lowest BCUT2D eigenvalue weighted by atomic mass is 10.2. The molecule has 0 fully saturated rings. The van der Waals surface area contributed by atoms with Crippen LogP contribution in [0.3, 0.4) is 0 Å². The molecule has 0 aliphatic rings. The molecule has 0 unspecified atom stereocenters. The smallest absolute Gasteiger partial charge is 0.313 e. The zero-order chi connectivity index (χ0) is 15.5. The van der Waals surface area contributed by atoms with Gasteiger partial charge in [0.1, 0.15) is 18.0 Å². The maximum absolute atomic E-state index is 11.3. The molecular formula is C16H20O5. The third-order valence-corrected chi connectivity index (χ3v) is 2.71. The summed E-state index contributed by atoms with van der Waals surface area (Å²) < 4.78 is 14.8. The first-order valence-electron chi connectivity index (χ1n) is 6.62. The molecule has 5 heteroatoms. The highest BCUT2D eigenvalue weighted by Crippen LogP contribution is 2.13. The summed E-state index contributed by atoms with van der Waals surface area (Å²) in [5, 5.41) is 0. The summed E-state index contributed by atoms with van der Waals surface area (Å²) in [5.74, 6) is 0.100. The molecule has 0 aromatic heterocycles. The van der Waals surface area contributed by atoms with Crippen LogP contribution in [0.15, 0.2) is 30.3 Å². The van der Waals surface area contributed by atoms with E-state index in [0.29, 0.717) is 6.61 Å². The lowest BCUT2D eigenvalue weighted by Crippen LogP contribution is -2.11. The minimum Gasteiger partial charge on any atom is -0.497 e. The van der Waals surface area contributed by atoms with Crippen molar-refractivity contribution in [2.24, 2.45) is 0 Å². The summed E-state index contributed by atoms with van der Waals surface area (Å²) in [6.07, 6.45) is 3.79. The van der Waals surface area contributed by atoms with Crippen LogP contribution in [-0.4, -0.2) is 39.2 Å². The average Bonchev–Trinajstić information content (AvgIpc) is 2.50. The van der Waals surface area contributed by atoms with Crippen molar-refractivity contribution in [3.05, 3.63) is 35.9 Å². The first kappa shape index (κ1) is 16.9. The highest BCUT2D eigenvalue weighted by Gasteiger charge is 2.08. The first-order chi connectivity index (χ1) is 10.2. The van der Waals surface area contributed by atoms with Gasteiger partial charge in [0.25, 0.3) is 0 Å². The second-order valence-corrected chi connectivity index (χ2v) is 4.30. The van der Waals surface area contributed by atoms with Crippen molar-refractivity contribution in [1.29, 1.82) is 0 Å². The van der Waals surface area contributed by atoms with E-state index in [0.717, 1.165) is 11.3 Å². The number of methoxy groups -OCH3 is 2. The lowest BCUT2D eigenvalue weighted by Gasteiger charge is -2.01. The van der Waals surface area contributed by atoms with Gasteiger partial charge in [-0.05, 0) is 17.7 Å². The van der Waals surface area contributed by atoms with Gasteiger partial charge in [0, 0.05) is 6.42 Å². The molecule has 0 aliphatic carbocycles. The summed E-state index contributed by atoms with van der Waals surface area (Å²) >= 11 is 0. The van der Waals surface area contributed by atoms with Crippen LogP contribution >= 0.6 is 0 Å². The van der Waals surface area contributed by atoms with Gasteiger partial charge in [-0.15, -0.1) is 0 Å². The van der Waals surface area contributed by atoms with Gasteiger partial charge in [-0.1, -0.05) is 24.3 Å². The number of carbonyl (C=O) groups is 2. The second-order valence-electron chi connectivity index (χ2n) is 4.30. The van der Waals surface area contributed by atoms with Crippen molar-refractivity contribution in [2.75, 3.05) is 27.4 Å². The predicted molar refractivity (Wildman–Crippen MR) is 79.1 cm³/mol. The zero-order valence-corrected chi connectivity index (χ0v) is 12.3. The molecular weight excluding hydrogens is 272 g/mol. The van der Waals surface area contributed by atoms with Crippen LogP contribution < -0.4 is 4.74 Å². The summed E-state index contributed by atoms with van der Waals surface area (Å²) in [6.45, 7) is 0.695. The molecule has 0 N–H and O–H groups in total. The number of carbonyl (C=O) groups excluding carboxylic acids is 2. The summed E-state index contributed by atoms with van der Waals surface area (Å²) in [5.41, 5.74) is 1.01. The van der Waals surface area contributed by atoms with Gasteiger partial charge < -0.3 is 14.2 Å². The molecule has 0 bridgehead atoms. The van der Waals surface area contributed by atoms with E-state index in [1.54, 1.807) is 7.11 Å². The van der Waals surface area contributed by atoms with Gasteiger partial charge in [-0.2, -0.15) is 0 Å². The fourth-order valence-electron chi connectivity index (χ4n) is 1.59. The Morgan fingerprint density at radius 1 is 1.24 bits per heavy atom. The van der Waals surface area contributed by atoms with Crippen LogP contribution in [0.1, 0.15) is 18.4 Å². The fourth-order valence-corrected chi connectivity index (χ4v) is 1.59. The Morgan fingerprint density at radius 2 is 2.05 bits per heavy atom. The van der Waals surface area contributed by atoms with Crippen LogP contribution in [0.4, 0.5) is 0 Å². The van der Waals surface area contributed by atoms with Gasteiger partial charge in [0.2, 0.25) is 0 Å². The molecule has 0 saturated heterocycles. The minimum atomic E-state index is -0.516. The normalized spacial score (nSPS) is 10.6. The van der Waals surface area contributed by atoms with Crippen LogP contribution in [0, 0.1) is 0 Å². The number of esters is 1. The average molecular weight is 292 g/mol. The molecule has 1 aromatic carbocycles. The van der Waals surface area contributed by atoms with Crippen LogP contribution in [0.5, 0.6) is 5.75 Å². The molecule has 1 aromatic rings. The van der Waals surface area contributed by atoms with Gasteiger partial charge in [-0.25, -0.2) is 0 Å². The number of Topliss-reactive ketones (excluding diaryl/α,β-unsaturated/α-hetero) is 1. The molecule has 0 amide bonds. The predicted octanol–water partition coefficient (Wildman–Crippen LogP) is 2.25. The third-order valence-electron chi connectivity index (χ3n) is 2.71. The Kier molecular flexibility index (Phi) is 7.82. The fraction of sp³-hybridized carbons (Fsp3) is 0.375. The molecule has 5 nitrogen and oxygen atoms in total. The van der Waals surface area contributed by atoms with Gasteiger partial charge >= 0.3 is 5.97 Å². The summed E-state index contributed by atoms with van der Waals surface area (Å²) in [7, 11) is 2.88. The van der Waals surface area contributed by atoms with Gasteiger partial charge in [0.05, 0.1) is 27.4 Å². The second kappa shape index (κ2) is 9.72. The Hall–Kier alpha value is -2.14. The van der Waals surface area contributed by atoms with Gasteiger partial charge in [-0.3, -0.25) is 9.59 Å². The number of ketones is 1. The maximum atomic E-state index is 11.3. The van der Waals surface area contributed by atoms with E-state index in [4.69, 9.17) is 9.47 Å². The largest absolute Gasteiger partial charge is 0.497 e. The van der Waals surface area contributed by atoms with Crippen LogP contribution in [0.2, 0.25) is 0 Å². The van der Waals surface area contributed by atoms with E-state index < -0.39 is 5.97 Å². The molecule has 0 saturated carbocycles.